The lowest BCUT2D eigenvalue weighted by Gasteiger charge is -2.10. The monoisotopic (exact) mass is 463 g/mol. The van der Waals surface area contributed by atoms with Gasteiger partial charge in [0, 0.05) is 5.69 Å². The number of hydrogen-bond donors (Lipinski definition) is 1. The topological polar surface area (TPSA) is 89.2 Å². The molecule has 5 rings (SSSR count). The van der Waals surface area contributed by atoms with Crippen LogP contribution < -0.4 is 5.32 Å². The molecule has 7 nitrogen and oxygen atoms in total. The minimum absolute atomic E-state index is 0.148. The number of aryl methyl sites for hydroxylation is 3. The highest BCUT2D eigenvalue weighted by molar-refractivity contribution is 7.91. The number of anilines is 2. The summed E-state index contributed by atoms with van der Waals surface area (Å²) in [6.07, 6.45) is 0.918. The second-order valence-corrected chi connectivity index (χ2v) is 10.4. The lowest BCUT2D eigenvalue weighted by molar-refractivity contribution is 0.592. The van der Waals surface area contributed by atoms with E-state index in [1.807, 2.05) is 36.6 Å². The lowest BCUT2D eigenvalue weighted by atomic mass is 10.1. The molecular formula is C23H21N5O2S2. The Morgan fingerprint density at radius 2 is 1.94 bits per heavy atom. The normalized spacial score (nSPS) is 12.0. The Kier molecular flexibility index (Phi) is 4.94. The van der Waals surface area contributed by atoms with Crippen molar-refractivity contribution in [2.45, 2.75) is 37.1 Å². The van der Waals surface area contributed by atoms with Gasteiger partial charge in [0.25, 0.3) is 0 Å². The number of nitrogens with one attached hydrogen (secondary N) is 1. The van der Waals surface area contributed by atoms with Crippen LogP contribution in [0.15, 0.2) is 63.8 Å². The van der Waals surface area contributed by atoms with Gasteiger partial charge in [0.15, 0.2) is 11.5 Å². The Labute approximate surface area is 189 Å². The molecule has 9 heteroatoms. The molecular weight excluding hydrogens is 442 g/mol. The maximum atomic E-state index is 13.5. The van der Waals surface area contributed by atoms with E-state index in [4.69, 9.17) is 0 Å². The van der Waals surface area contributed by atoms with E-state index < -0.39 is 9.84 Å². The summed E-state index contributed by atoms with van der Waals surface area (Å²) in [5.74, 6) is 0.579. The van der Waals surface area contributed by atoms with Gasteiger partial charge in [0.05, 0.1) is 15.1 Å². The molecule has 0 aliphatic heterocycles. The molecule has 0 aliphatic rings. The lowest BCUT2D eigenvalue weighted by Crippen LogP contribution is -2.07. The van der Waals surface area contributed by atoms with E-state index in [1.165, 1.54) is 21.4 Å². The summed E-state index contributed by atoms with van der Waals surface area (Å²) in [5.41, 5.74) is 4.56. The van der Waals surface area contributed by atoms with Crippen LogP contribution in [0.4, 0.5) is 11.5 Å². The summed E-state index contributed by atoms with van der Waals surface area (Å²) < 4.78 is 29.4. The number of aromatic nitrogens is 4. The molecule has 32 heavy (non-hydrogen) atoms. The minimum atomic E-state index is -3.91. The van der Waals surface area contributed by atoms with Crippen molar-refractivity contribution in [2.75, 3.05) is 5.32 Å². The molecule has 0 saturated carbocycles. The number of hydrogen-bond acceptors (Lipinski definition) is 7. The van der Waals surface area contributed by atoms with Gasteiger partial charge < -0.3 is 5.32 Å². The Morgan fingerprint density at radius 3 is 2.75 bits per heavy atom. The van der Waals surface area contributed by atoms with Crippen LogP contribution in [0.5, 0.6) is 0 Å². The summed E-state index contributed by atoms with van der Waals surface area (Å²) in [7, 11) is -3.91. The zero-order valence-electron chi connectivity index (χ0n) is 17.8. The first kappa shape index (κ1) is 20.6. The molecule has 0 unspecified atom stereocenters. The fraction of sp³-hybridized carbons (Fsp3) is 0.174. The average molecular weight is 464 g/mol. The highest BCUT2D eigenvalue weighted by Crippen LogP contribution is 2.33. The largest absolute Gasteiger partial charge is 0.339 e. The third-order valence-corrected chi connectivity index (χ3v) is 8.11. The number of rotatable bonds is 5. The van der Waals surface area contributed by atoms with Gasteiger partial charge in [-0.05, 0) is 66.6 Å². The van der Waals surface area contributed by atoms with E-state index in [1.54, 1.807) is 19.1 Å². The van der Waals surface area contributed by atoms with Gasteiger partial charge in [-0.1, -0.05) is 36.4 Å². The Morgan fingerprint density at radius 1 is 1.09 bits per heavy atom. The van der Waals surface area contributed by atoms with Crippen molar-refractivity contribution in [1.82, 2.24) is 19.8 Å². The summed E-state index contributed by atoms with van der Waals surface area (Å²) in [4.78, 5) is 4.91. The molecule has 0 bridgehead atoms. The molecule has 5 aromatic rings. The summed E-state index contributed by atoms with van der Waals surface area (Å²) in [6, 6.07) is 15.3. The van der Waals surface area contributed by atoms with Gasteiger partial charge in [0.1, 0.15) is 0 Å². The Bertz CT molecular complexity index is 1590. The van der Waals surface area contributed by atoms with Crippen molar-refractivity contribution in [1.29, 1.82) is 0 Å². The Balaban J connectivity index is 1.71. The highest BCUT2D eigenvalue weighted by Gasteiger charge is 2.28. The first-order valence-corrected chi connectivity index (χ1v) is 12.6. The van der Waals surface area contributed by atoms with Crippen LogP contribution in [0.2, 0.25) is 0 Å². The van der Waals surface area contributed by atoms with Gasteiger partial charge in [0.2, 0.25) is 14.9 Å². The molecule has 0 radical (unpaired) electrons. The van der Waals surface area contributed by atoms with Crippen LogP contribution in [0.25, 0.3) is 15.9 Å². The predicted octanol–water partition coefficient (Wildman–Crippen LogP) is 5.09. The molecule has 0 aliphatic carbocycles. The second-order valence-electron chi connectivity index (χ2n) is 7.68. The smallest absolute Gasteiger partial charge is 0.229 e. The Hall–Kier alpha value is -3.30. The van der Waals surface area contributed by atoms with Crippen LogP contribution in [-0.2, 0) is 16.3 Å². The van der Waals surface area contributed by atoms with Crippen molar-refractivity contribution < 1.29 is 8.42 Å². The van der Waals surface area contributed by atoms with Crippen LogP contribution in [0.3, 0.4) is 0 Å². The van der Waals surface area contributed by atoms with E-state index in [-0.39, 0.29) is 15.6 Å². The van der Waals surface area contributed by atoms with Gasteiger partial charge >= 0.3 is 0 Å². The number of sulfone groups is 1. The van der Waals surface area contributed by atoms with E-state index in [9.17, 15) is 8.42 Å². The van der Waals surface area contributed by atoms with Crippen molar-refractivity contribution >= 4 is 48.5 Å². The van der Waals surface area contributed by atoms with E-state index in [2.05, 4.69) is 39.7 Å². The SMILES string of the molecule is CCc1cccc(Nc2nc3c(S(=O)(=O)c4cc(C)ccc4C)nnn3c3ccsc23)c1. The third kappa shape index (κ3) is 3.34. The number of benzene rings is 2. The summed E-state index contributed by atoms with van der Waals surface area (Å²) >= 11 is 1.51. The second kappa shape index (κ2) is 7.68. The maximum absolute atomic E-state index is 13.5. The van der Waals surface area contributed by atoms with Gasteiger partial charge in [-0.15, -0.1) is 16.4 Å². The van der Waals surface area contributed by atoms with Crippen LogP contribution in [-0.4, -0.2) is 28.2 Å². The number of nitrogens with zero attached hydrogens (tertiary/aromatic N) is 4. The van der Waals surface area contributed by atoms with Crippen LogP contribution in [0, 0.1) is 13.8 Å². The van der Waals surface area contributed by atoms with Crippen LogP contribution in [0.1, 0.15) is 23.6 Å². The van der Waals surface area contributed by atoms with Crippen molar-refractivity contribution in [2.24, 2.45) is 0 Å². The molecule has 1 N–H and O–H groups in total. The molecule has 0 saturated heterocycles. The van der Waals surface area contributed by atoms with Crippen LogP contribution >= 0.6 is 11.3 Å². The zero-order valence-corrected chi connectivity index (χ0v) is 19.5. The molecule has 0 atom stereocenters. The van der Waals surface area contributed by atoms with Crippen molar-refractivity contribution in [3.63, 3.8) is 0 Å². The molecule has 0 fully saturated rings. The molecule has 2 aromatic carbocycles. The summed E-state index contributed by atoms with van der Waals surface area (Å²) in [6.45, 7) is 5.74. The zero-order chi connectivity index (χ0) is 22.5. The highest BCUT2D eigenvalue weighted by atomic mass is 32.2. The minimum Gasteiger partial charge on any atom is -0.339 e. The first-order chi connectivity index (χ1) is 15.4. The van der Waals surface area contributed by atoms with E-state index in [0.29, 0.717) is 11.4 Å². The van der Waals surface area contributed by atoms with Crippen molar-refractivity contribution in [3.8, 4) is 0 Å². The number of fused-ring (bicyclic) bond motifs is 3. The summed E-state index contributed by atoms with van der Waals surface area (Å²) in [5, 5.41) is 13.3. The third-order valence-electron chi connectivity index (χ3n) is 5.41. The standard InChI is InChI=1S/C23H21N5O2S2/c1-4-16-6-5-7-17(13-16)24-21-20-18(10-11-31-20)28-22(25-21)23(26-27-28)32(29,30)19-12-14(2)8-9-15(19)3/h5-13H,4H2,1-3H3,(H,24,25). The molecule has 0 amide bonds. The fourth-order valence-corrected chi connectivity index (χ4v) is 6.06. The van der Waals surface area contributed by atoms with Gasteiger partial charge in [-0.2, -0.15) is 4.52 Å². The van der Waals surface area contributed by atoms with Gasteiger partial charge in [-0.25, -0.2) is 13.4 Å². The molecule has 3 heterocycles. The molecule has 3 aromatic heterocycles. The molecule has 0 spiro atoms. The van der Waals surface area contributed by atoms with E-state index >= 15 is 0 Å². The molecule has 162 valence electrons. The van der Waals surface area contributed by atoms with Gasteiger partial charge in [-0.3, -0.25) is 0 Å². The fourth-order valence-electron chi connectivity index (χ4n) is 3.69. The van der Waals surface area contributed by atoms with E-state index in [0.717, 1.165) is 27.9 Å². The maximum Gasteiger partial charge on any atom is 0.229 e. The van der Waals surface area contributed by atoms with Crippen molar-refractivity contribution in [3.05, 3.63) is 70.6 Å². The average Bonchev–Trinajstić information content (AvgIpc) is 3.43. The predicted molar refractivity (Wildman–Crippen MR) is 127 cm³/mol. The quantitative estimate of drug-likeness (QED) is 0.390. The first-order valence-electron chi connectivity index (χ1n) is 10.2. The number of thiophene rings is 1.